The molecule has 0 unspecified atom stereocenters. The highest BCUT2D eigenvalue weighted by atomic mass is 79.9. The van der Waals surface area contributed by atoms with Crippen LogP contribution in [0.2, 0.25) is 0 Å². The normalized spacial score (nSPS) is 11.6. The van der Waals surface area contributed by atoms with Crippen LogP contribution in [0.1, 0.15) is 32.0 Å². The second-order valence-electron chi connectivity index (χ2n) is 6.70. The summed E-state index contributed by atoms with van der Waals surface area (Å²) in [6.07, 6.45) is 0. The van der Waals surface area contributed by atoms with E-state index in [1.54, 1.807) is 11.8 Å². The maximum Gasteiger partial charge on any atom is 0.135 e. The minimum atomic E-state index is -0.214. The van der Waals surface area contributed by atoms with Crippen LogP contribution in [0.15, 0.2) is 45.8 Å². The van der Waals surface area contributed by atoms with Crippen LogP contribution >= 0.6 is 27.7 Å². The summed E-state index contributed by atoms with van der Waals surface area (Å²) < 4.78 is 16.2. The second kappa shape index (κ2) is 9.33. The molecule has 1 aromatic heterocycles. The predicted molar refractivity (Wildman–Crippen MR) is 120 cm³/mol. The number of nitrogens with zero attached hydrogens (tertiary/aromatic N) is 2. The fraction of sp³-hybridized carbons (Fsp3) is 0.364. The van der Waals surface area contributed by atoms with Crippen LogP contribution < -0.4 is 0 Å². The first-order valence-corrected chi connectivity index (χ1v) is 11.4. The van der Waals surface area contributed by atoms with Crippen molar-refractivity contribution in [3.05, 3.63) is 57.9 Å². The molecule has 1 N–H and O–H groups in total. The monoisotopic (exact) mass is 464 g/mol. The Bertz CT molecular complexity index is 952. The second-order valence-corrected chi connectivity index (χ2v) is 8.61. The van der Waals surface area contributed by atoms with Gasteiger partial charge in [0.15, 0.2) is 0 Å². The Balaban J connectivity index is 2.00. The number of phenols is 1. The summed E-state index contributed by atoms with van der Waals surface area (Å²) >= 11 is 5.23. The number of benzene rings is 2. The molecule has 0 fully saturated rings. The van der Waals surface area contributed by atoms with Crippen LogP contribution in [0.25, 0.3) is 10.9 Å². The number of rotatable bonds is 8. The van der Waals surface area contributed by atoms with Gasteiger partial charge in [-0.3, -0.25) is 4.90 Å². The topological polar surface area (TPSA) is 28.4 Å². The van der Waals surface area contributed by atoms with Crippen LogP contribution in [0, 0.1) is 5.82 Å². The third-order valence-electron chi connectivity index (χ3n) is 5.12. The summed E-state index contributed by atoms with van der Waals surface area (Å²) in [5, 5.41) is 11.8. The Morgan fingerprint density at radius 3 is 2.39 bits per heavy atom. The molecule has 3 nitrogen and oxygen atoms in total. The number of halogens is 2. The number of aromatic nitrogens is 1. The van der Waals surface area contributed by atoms with Crippen LogP contribution in [0.3, 0.4) is 0 Å². The number of aryl methyl sites for hydroxylation is 1. The minimum Gasteiger partial charge on any atom is -0.506 e. The van der Waals surface area contributed by atoms with Crippen molar-refractivity contribution in [3.63, 3.8) is 0 Å². The zero-order valence-electron chi connectivity index (χ0n) is 16.5. The molecule has 0 bridgehead atoms. The number of hydrogen-bond donors (Lipinski definition) is 1. The lowest BCUT2D eigenvalue weighted by molar-refractivity contribution is 0.292. The zero-order chi connectivity index (χ0) is 20.3. The Labute approximate surface area is 178 Å². The predicted octanol–water partition coefficient (Wildman–Crippen LogP) is 6.40. The molecule has 0 amide bonds. The van der Waals surface area contributed by atoms with Crippen molar-refractivity contribution in [2.75, 3.05) is 13.1 Å². The molecular weight excluding hydrogens is 439 g/mol. The van der Waals surface area contributed by atoms with Crippen molar-refractivity contribution >= 4 is 38.6 Å². The Morgan fingerprint density at radius 1 is 1.11 bits per heavy atom. The highest BCUT2D eigenvalue weighted by molar-refractivity contribution is 9.10. The first-order valence-electron chi connectivity index (χ1n) is 9.61. The number of phenolic OH excluding ortho intramolecular Hbond substituents is 1. The molecule has 6 heteroatoms. The third-order valence-corrected chi connectivity index (χ3v) is 6.77. The number of aromatic hydroxyl groups is 1. The van der Waals surface area contributed by atoms with E-state index in [2.05, 4.69) is 52.2 Å². The molecule has 3 aromatic rings. The van der Waals surface area contributed by atoms with Gasteiger partial charge in [0.05, 0.1) is 4.47 Å². The Morgan fingerprint density at radius 2 is 1.79 bits per heavy atom. The van der Waals surface area contributed by atoms with Crippen LogP contribution in [-0.2, 0) is 18.8 Å². The lowest BCUT2D eigenvalue weighted by Crippen LogP contribution is -2.22. The average molecular weight is 465 g/mol. The first kappa shape index (κ1) is 21.2. The maximum atomic E-state index is 13.1. The van der Waals surface area contributed by atoms with E-state index in [0.717, 1.165) is 51.2 Å². The summed E-state index contributed by atoms with van der Waals surface area (Å²) in [5.74, 6) is 0.899. The van der Waals surface area contributed by atoms with Gasteiger partial charge in [-0.1, -0.05) is 13.8 Å². The largest absolute Gasteiger partial charge is 0.506 e. The minimum absolute atomic E-state index is 0.214. The van der Waals surface area contributed by atoms with Crippen molar-refractivity contribution in [2.24, 2.45) is 0 Å². The summed E-state index contributed by atoms with van der Waals surface area (Å²) in [7, 11) is 0. The molecular formula is C22H26BrFN2OS. The summed E-state index contributed by atoms with van der Waals surface area (Å²) in [6.45, 7) is 9.85. The SMILES string of the molecule is CCN(CC)Cc1c(O)c(Br)cc2c1cc(CSc1ccc(F)cc1)n2CC. The molecule has 0 aliphatic carbocycles. The van der Waals surface area contributed by atoms with Gasteiger partial charge < -0.3 is 9.67 Å². The molecule has 0 atom stereocenters. The van der Waals surface area contributed by atoms with Crippen molar-refractivity contribution in [1.82, 2.24) is 9.47 Å². The van der Waals surface area contributed by atoms with E-state index in [4.69, 9.17) is 0 Å². The molecule has 0 aliphatic rings. The van der Waals surface area contributed by atoms with Crippen molar-refractivity contribution in [3.8, 4) is 5.75 Å². The Kier molecular flexibility index (Phi) is 7.07. The van der Waals surface area contributed by atoms with Crippen LogP contribution in [-0.4, -0.2) is 27.7 Å². The molecule has 0 saturated carbocycles. The average Bonchev–Trinajstić information content (AvgIpc) is 3.05. The van der Waals surface area contributed by atoms with E-state index in [0.29, 0.717) is 12.3 Å². The Hall–Kier alpha value is -1.50. The van der Waals surface area contributed by atoms with Gasteiger partial charge in [-0.15, -0.1) is 11.8 Å². The smallest absolute Gasteiger partial charge is 0.135 e. The third kappa shape index (κ3) is 4.39. The highest BCUT2D eigenvalue weighted by Crippen LogP contribution is 2.38. The quantitative estimate of drug-likeness (QED) is 0.390. The van der Waals surface area contributed by atoms with E-state index in [1.807, 2.05) is 18.2 Å². The fourth-order valence-corrected chi connectivity index (χ4v) is 4.83. The number of fused-ring (bicyclic) bond motifs is 1. The van der Waals surface area contributed by atoms with Gasteiger partial charge in [-0.2, -0.15) is 0 Å². The standard InChI is InChI=1S/C22H26BrFN2OS/c1-4-25(5-2)13-19-18-11-16(14-28-17-9-7-15(24)8-10-17)26(6-3)21(18)12-20(23)22(19)27/h7-12,27H,4-6,13-14H2,1-3H3. The molecule has 1 heterocycles. The van der Waals surface area contributed by atoms with Crippen molar-refractivity contribution < 1.29 is 9.50 Å². The van der Waals surface area contributed by atoms with Crippen LogP contribution in [0.4, 0.5) is 4.39 Å². The number of thioether (sulfide) groups is 1. The zero-order valence-corrected chi connectivity index (χ0v) is 18.9. The highest BCUT2D eigenvalue weighted by Gasteiger charge is 2.18. The van der Waals surface area contributed by atoms with Gasteiger partial charge in [0.1, 0.15) is 11.6 Å². The van der Waals surface area contributed by atoms with E-state index in [9.17, 15) is 9.50 Å². The maximum absolute atomic E-state index is 13.1. The molecule has 3 rings (SSSR count). The van der Waals surface area contributed by atoms with E-state index < -0.39 is 0 Å². The summed E-state index contributed by atoms with van der Waals surface area (Å²) in [6, 6.07) is 10.8. The van der Waals surface area contributed by atoms with Gasteiger partial charge in [-0.05, 0) is 72.3 Å². The molecule has 2 aromatic carbocycles. The molecule has 0 spiro atoms. The lowest BCUT2D eigenvalue weighted by Gasteiger charge is -2.20. The van der Waals surface area contributed by atoms with Gasteiger partial charge in [0.2, 0.25) is 0 Å². The number of hydrogen-bond acceptors (Lipinski definition) is 3. The van der Waals surface area contributed by atoms with Crippen molar-refractivity contribution in [2.45, 2.75) is 44.5 Å². The van der Waals surface area contributed by atoms with Gasteiger partial charge in [0.25, 0.3) is 0 Å². The van der Waals surface area contributed by atoms with Gasteiger partial charge in [0, 0.05) is 45.9 Å². The fourth-order valence-electron chi connectivity index (χ4n) is 3.49. The van der Waals surface area contributed by atoms with Gasteiger partial charge in [-0.25, -0.2) is 4.39 Å². The molecule has 0 saturated heterocycles. The van der Waals surface area contributed by atoms with Gasteiger partial charge >= 0.3 is 0 Å². The summed E-state index contributed by atoms with van der Waals surface area (Å²) in [4.78, 5) is 3.35. The van der Waals surface area contributed by atoms with Crippen LogP contribution in [0.5, 0.6) is 5.75 Å². The first-order chi connectivity index (χ1) is 13.5. The molecule has 150 valence electrons. The molecule has 0 aliphatic heterocycles. The van der Waals surface area contributed by atoms with E-state index in [-0.39, 0.29) is 5.82 Å². The lowest BCUT2D eigenvalue weighted by atomic mass is 10.1. The van der Waals surface area contributed by atoms with E-state index in [1.165, 1.54) is 17.8 Å². The summed E-state index contributed by atoms with van der Waals surface area (Å²) in [5.41, 5.74) is 3.29. The molecule has 0 radical (unpaired) electrons. The molecule has 28 heavy (non-hydrogen) atoms. The van der Waals surface area contributed by atoms with Crippen molar-refractivity contribution in [1.29, 1.82) is 0 Å². The van der Waals surface area contributed by atoms with E-state index >= 15 is 0 Å².